The quantitative estimate of drug-likeness (QED) is 0.0531. The van der Waals surface area contributed by atoms with Gasteiger partial charge in [-0.25, -0.2) is 9.97 Å². The lowest BCUT2D eigenvalue weighted by Gasteiger charge is -2.20. The van der Waals surface area contributed by atoms with Crippen molar-refractivity contribution in [2.75, 3.05) is 19.8 Å². The molecule has 13 heteroatoms. The highest BCUT2D eigenvalue weighted by Gasteiger charge is 2.20. The molecule has 2 unspecified atom stereocenters. The minimum absolute atomic E-state index is 0.230. The smallest absolute Gasteiger partial charge is 0.306 e. The lowest BCUT2D eigenvalue weighted by Crippen LogP contribution is -2.23. The maximum atomic E-state index is 11.9. The van der Waals surface area contributed by atoms with Gasteiger partial charge >= 0.3 is 11.9 Å². The van der Waals surface area contributed by atoms with Crippen LogP contribution in [0.3, 0.4) is 0 Å². The van der Waals surface area contributed by atoms with Crippen molar-refractivity contribution < 1.29 is 38.7 Å². The van der Waals surface area contributed by atoms with Gasteiger partial charge in [-0.1, -0.05) is 68.2 Å². The highest BCUT2D eigenvalue weighted by atomic mass is 28.3. The molecule has 0 spiro atoms. The van der Waals surface area contributed by atoms with Gasteiger partial charge in [0.15, 0.2) is 0 Å². The Morgan fingerprint density at radius 2 is 1.36 bits per heavy atom. The van der Waals surface area contributed by atoms with Crippen LogP contribution in [-0.4, -0.2) is 80.8 Å². The molecule has 4 aromatic rings. The fourth-order valence-electron chi connectivity index (χ4n) is 6.06. The molecular weight excluding hydrogens is 765 g/mol. The maximum absolute atomic E-state index is 11.9. The van der Waals surface area contributed by atoms with Crippen molar-refractivity contribution in [3.63, 3.8) is 0 Å². The Labute approximate surface area is 353 Å². The molecule has 1 saturated heterocycles. The highest BCUT2D eigenvalue weighted by Crippen LogP contribution is 2.31. The molecule has 5 rings (SSSR count). The van der Waals surface area contributed by atoms with E-state index in [2.05, 4.69) is 34.6 Å². The number of ether oxygens (including phenoxy) is 4. The van der Waals surface area contributed by atoms with Crippen LogP contribution in [0.15, 0.2) is 73.6 Å². The van der Waals surface area contributed by atoms with Gasteiger partial charge in [0.1, 0.15) is 17.9 Å². The van der Waals surface area contributed by atoms with Crippen LogP contribution < -0.4 is 0 Å². The molecule has 0 aliphatic carbocycles. The average Bonchev–Trinajstić information content (AvgIpc) is 3.98. The van der Waals surface area contributed by atoms with Gasteiger partial charge in [-0.3, -0.25) is 9.59 Å². The number of esters is 2. The van der Waals surface area contributed by atoms with Crippen molar-refractivity contribution in [2.45, 2.75) is 149 Å². The maximum Gasteiger partial charge on any atom is 0.306 e. The summed E-state index contributed by atoms with van der Waals surface area (Å²) in [5, 5.41) is 21.2. The first-order valence-corrected chi connectivity index (χ1v) is 24.7. The van der Waals surface area contributed by atoms with Crippen LogP contribution in [0.2, 0.25) is 25.7 Å². The number of aromatic nitrogens is 4. The highest BCUT2D eigenvalue weighted by molar-refractivity contribution is 6.76. The Morgan fingerprint density at radius 3 is 1.83 bits per heavy atom. The minimum Gasteiger partial charge on any atom is -0.460 e. The number of aliphatic hydroxyl groups is 2. The topological polar surface area (TPSA) is 158 Å². The normalized spacial score (nSPS) is 14.0. The van der Waals surface area contributed by atoms with E-state index >= 15 is 0 Å². The van der Waals surface area contributed by atoms with Crippen LogP contribution in [-0.2, 0) is 35.3 Å². The average molecular weight is 835 g/mol. The number of aromatic amines is 1. The van der Waals surface area contributed by atoms with Crippen molar-refractivity contribution in [1.82, 2.24) is 19.5 Å². The second-order valence-electron chi connectivity index (χ2n) is 18.1. The Balaban J connectivity index is 0.000000290. The van der Waals surface area contributed by atoms with Gasteiger partial charge in [0.05, 0.1) is 42.4 Å². The Hall–Kier alpha value is -4.14. The first-order valence-electron chi connectivity index (χ1n) is 21.0. The zero-order valence-electron chi connectivity index (χ0n) is 37.0. The van der Waals surface area contributed by atoms with E-state index in [1.54, 1.807) is 18.9 Å². The van der Waals surface area contributed by atoms with Gasteiger partial charge in [0.2, 0.25) is 0 Å². The Bertz CT molecular complexity index is 1800. The van der Waals surface area contributed by atoms with Gasteiger partial charge in [-0.05, 0) is 97.2 Å². The molecular formula is C46H70N4O8Si. The summed E-state index contributed by atoms with van der Waals surface area (Å²) in [5.74, 6) is -0.465. The second-order valence-corrected chi connectivity index (χ2v) is 23.7. The molecule has 59 heavy (non-hydrogen) atoms. The van der Waals surface area contributed by atoms with Gasteiger partial charge < -0.3 is 38.7 Å². The lowest BCUT2D eigenvalue weighted by atomic mass is 9.97. The van der Waals surface area contributed by atoms with Crippen molar-refractivity contribution in [3.8, 4) is 22.5 Å². The Morgan fingerprint density at radius 1 is 0.831 bits per heavy atom. The van der Waals surface area contributed by atoms with E-state index in [0.29, 0.717) is 45.3 Å². The van der Waals surface area contributed by atoms with Crippen LogP contribution in [0.5, 0.6) is 0 Å². The first kappa shape index (κ1) is 49.2. The predicted octanol–water partition coefficient (Wildman–Crippen LogP) is 9.83. The van der Waals surface area contributed by atoms with E-state index in [9.17, 15) is 19.8 Å². The summed E-state index contributed by atoms with van der Waals surface area (Å²) >= 11 is 0. The summed E-state index contributed by atoms with van der Waals surface area (Å²) in [4.78, 5) is 35.2. The molecule has 3 heterocycles. The fraction of sp³-hybridized carbons (Fsp3) is 0.565. The minimum atomic E-state index is -1.10. The van der Waals surface area contributed by atoms with Crippen LogP contribution in [0, 0.1) is 0 Å². The number of benzene rings is 2. The number of hydrogen-bond acceptors (Lipinski definition) is 10. The summed E-state index contributed by atoms with van der Waals surface area (Å²) in [6, 6.07) is 16.5. The summed E-state index contributed by atoms with van der Waals surface area (Å²) in [7, 11) is -1.10. The Kier molecular flexibility index (Phi) is 20.2. The fourth-order valence-corrected chi connectivity index (χ4v) is 6.82. The van der Waals surface area contributed by atoms with E-state index < -0.39 is 31.5 Å². The number of H-pyrrole nitrogens is 1. The molecule has 0 radical (unpaired) electrons. The van der Waals surface area contributed by atoms with E-state index in [0.717, 1.165) is 59.5 Å². The molecule has 2 aromatic heterocycles. The van der Waals surface area contributed by atoms with Crippen LogP contribution in [0.25, 0.3) is 22.5 Å². The molecule has 3 N–H and O–H groups in total. The molecule has 2 aromatic carbocycles. The standard InChI is InChI=1S/C24H38N2O4Si.C18H24N2O3.C4H8O/c1-24(2,3)30-23(28)13-9-12-22(27)20-11-8-7-10-19(20)21-16-26(17-25-21)18-29-14-15-31(4,5)6;1-18(2,3)23-17(22)10-6-9-16(21)14-8-5-4-7-13(14)15-11-19-12-20-15;1-2-4-5-3-1/h7-8,10-11,16-17,22,27H,9,12-15,18H2,1-6H3;4-5,7-8,11-12,16,21H,6,9-10H2,1-3H3,(H,19,20);1-4H2. The summed E-state index contributed by atoms with van der Waals surface area (Å²) in [5.41, 5.74) is 4.19. The first-order chi connectivity index (χ1) is 27.8. The largest absolute Gasteiger partial charge is 0.460 e. The number of hydrogen-bond donors (Lipinski definition) is 3. The van der Waals surface area contributed by atoms with E-state index in [4.69, 9.17) is 18.9 Å². The summed E-state index contributed by atoms with van der Waals surface area (Å²) in [6.07, 6.45) is 11.0. The molecule has 1 fully saturated rings. The van der Waals surface area contributed by atoms with Crippen LogP contribution >= 0.6 is 0 Å². The van der Waals surface area contributed by atoms with Crippen LogP contribution in [0.1, 0.15) is 116 Å². The van der Waals surface area contributed by atoms with Gasteiger partial charge in [0.25, 0.3) is 0 Å². The van der Waals surface area contributed by atoms with Crippen molar-refractivity contribution >= 4 is 20.0 Å². The molecule has 1 aliphatic rings. The molecule has 1 aliphatic heterocycles. The van der Waals surface area contributed by atoms with Crippen molar-refractivity contribution in [1.29, 1.82) is 0 Å². The third kappa shape index (κ3) is 20.1. The number of imidazole rings is 2. The van der Waals surface area contributed by atoms with E-state index in [1.165, 1.54) is 12.8 Å². The molecule has 0 saturated carbocycles. The third-order valence-electron chi connectivity index (χ3n) is 8.96. The molecule has 0 amide bonds. The summed E-state index contributed by atoms with van der Waals surface area (Å²) < 4.78 is 23.3. The number of aliphatic hydroxyl groups excluding tert-OH is 2. The third-order valence-corrected chi connectivity index (χ3v) is 10.7. The molecule has 12 nitrogen and oxygen atoms in total. The van der Waals surface area contributed by atoms with Crippen molar-refractivity contribution in [2.24, 2.45) is 0 Å². The van der Waals surface area contributed by atoms with E-state index in [1.807, 2.05) is 101 Å². The van der Waals surface area contributed by atoms with E-state index in [-0.39, 0.29) is 11.9 Å². The zero-order valence-corrected chi connectivity index (χ0v) is 38.0. The number of carbonyl (C=O) groups excluding carboxylic acids is 2. The predicted molar refractivity (Wildman–Crippen MR) is 235 cm³/mol. The van der Waals surface area contributed by atoms with Crippen molar-refractivity contribution in [3.05, 3.63) is 84.7 Å². The molecule has 2 atom stereocenters. The van der Waals surface area contributed by atoms with Gasteiger partial charge in [-0.2, -0.15) is 0 Å². The summed E-state index contributed by atoms with van der Waals surface area (Å²) in [6.45, 7) is 21.3. The molecule has 0 bridgehead atoms. The number of rotatable bonds is 17. The van der Waals surface area contributed by atoms with Gasteiger partial charge in [-0.15, -0.1) is 0 Å². The van der Waals surface area contributed by atoms with Crippen LogP contribution in [0.4, 0.5) is 0 Å². The number of carbonyl (C=O) groups is 2. The monoisotopic (exact) mass is 834 g/mol. The number of nitrogens with one attached hydrogen (secondary N) is 1. The number of nitrogens with zero attached hydrogens (tertiary/aromatic N) is 3. The van der Waals surface area contributed by atoms with Gasteiger partial charge in [0, 0.05) is 58.1 Å². The molecule has 326 valence electrons. The zero-order chi connectivity index (χ0) is 43.5. The second kappa shape index (κ2) is 24.2. The lowest BCUT2D eigenvalue weighted by molar-refractivity contribution is -0.156. The SMILES string of the molecule is C1CCOC1.CC(C)(C)OC(=O)CCCC(O)c1ccccc1-c1cn(COCC[Si](C)(C)C)cn1.CC(C)(C)OC(=O)CCCC(O)c1ccccc1-c1cnc[nH]1.